The van der Waals surface area contributed by atoms with E-state index in [1.807, 2.05) is 0 Å². The van der Waals surface area contributed by atoms with Crippen molar-refractivity contribution in [3.8, 4) is 0 Å². The Morgan fingerprint density at radius 3 is 2.59 bits per heavy atom. The highest BCUT2D eigenvalue weighted by Crippen LogP contribution is 2.28. The molecule has 1 aliphatic heterocycles. The molecule has 0 radical (unpaired) electrons. The summed E-state index contributed by atoms with van der Waals surface area (Å²) in [5.41, 5.74) is 2.83. The van der Waals surface area contributed by atoms with Gasteiger partial charge in [-0.3, -0.25) is 0 Å². The maximum Gasteiger partial charge on any atom is 0.0294 e. The van der Waals surface area contributed by atoms with Gasteiger partial charge in [-0.25, -0.2) is 0 Å². The van der Waals surface area contributed by atoms with Crippen molar-refractivity contribution in [1.82, 2.24) is 5.32 Å². The van der Waals surface area contributed by atoms with Gasteiger partial charge in [-0.2, -0.15) is 11.8 Å². The molecule has 1 aliphatic rings. The normalized spacial score (nSPS) is 26.1. The Morgan fingerprint density at radius 2 is 2.06 bits per heavy atom. The summed E-state index contributed by atoms with van der Waals surface area (Å²) in [6.07, 6.45) is 2.43. The average Bonchev–Trinajstić information content (AvgIpc) is 2.75. The van der Waals surface area contributed by atoms with Gasteiger partial charge in [0.25, 0.3) is 0 Å². The number of rotatable bonds is 4. The van der Waals surface area contributed by atoms with Crippen molar-refractivity contribution in [3.05, 3.63) is 35.4 Å². The van der Waals surface area contributed by atoms with Crippen molar-refractivity contribution in [2.45, 2.75) is 50.9 Å². The number of aryl methyl sites for hydroxylation is 1. The van der Waals surface area contributed by atoms with Crippen molar-refractivity contribution < 1.29 is 0 Å². The van der Waals surface area contributed by atoms with Crippen LogP contribution in [0.2, 0.25) is 0 Å². The Hall–Kier alpha value is -0.470. The zero-order valence-electron chi connectivity index (χ0n) is 11.1. The molecule has 0 saturated carbocycles. The van der Waals surface area contributed by atoms with Crippen LogP contribution in [-0.4, -0.2) is 17.0 Å². The second-order valence-electron chi connectivity index (χ2n) is 4.95. The van der Waals surface area contributed by atoms with Crippen molar-refractivity contribution in [2.75, 3.05) is 5.75 Å². The van der Waals surface area contributed by atoms with Gasteiger partial charge >= 0.3 is 0 Å². The third kappa shape index (κ3) is 3.26. The molecule has 94 valence electrons. The fraction of sp³-hybridized carbons (Fsp3) is 0.600. The van der Waals surface area contributed by atoms with Gasteiger partial charge in [-0.05, 0) is 36.6 Å². The summed E-state index contributed by atoms with van der Waals surface area (Å²) in [5.74, 6) is 1.31. The SMILES string of the molecule is CCc1ccc(C(C)NC2CCSC2C)cc1. The largest absolute Gasteiger partial charge is 0.306 e. The number of thioether (sulfide) groups is 1. The molecule has 0 aromatic heterocycles. The van der Waals surface area contributed by atoms with Gasteiger partial charge in [0, 0.05) is 17.3 Å². The van der Waals surface area contributed by atoms with Crippen LogP contribution < -0.4 is 5.32 Å². The third-order valence-corrected chi connectivity index (χ3v) is 5.05. The summed E-state index contributed by atoms with van der Waals surface area (Å²) in [6, 6.07) is 10.2. The molecule has 1 fully saturated rings. The van der Waals surface area contributed by atoms with Crippen molar-refractivity contribution >= 4 is 11.8 Å². The van der Waals surface area contributed by atoms with E-state index < -0.39 is 0 Å². The zero-order valence-corrected chi connectivity index (χ0v) is 11.9. The van der Waals surface area contributed by atoms with Gasteiger partial charge in [-0.15, -0.1) is 0 Å². The van der Waals surface area contributed by atoms with Gasteiger partial charge in [-0.1, -0.05) is 38.1 Å². The van der Waals surface area contributed by atoms with Crippen LogP contribution in [0.1, 0.15) is 44.4 Å². The molecule has 3 atom stereocenters. The first-order valence-corrected chi connectivity index (χ1v) is 7.72. The number of benzene rings is 1. The lowest BCUT2D eigenvalue weighted by molar-refractivity contribution is 0.454. The van der Waals surface area contributed by atoms with Crippen LogP contribution in [0.25, 0.3) is 0 Å². The monoisotopic (exact) mass is 249 g/mol. The fourth-order valence-electron chi connectivity index (χ4n) is 2.41. The van der Waals surface area contributed by atoms with Gasteiger partial charge in [0.15, 0.2) is 0 Å². The van der Waals surface area contributed by atoms with Crippen LogP contribution in [0, 0.1) is 0 Å². The Kier molecular flexibility index (Phi) is 4.52. The van der Waals surface area contributed by atoms with Crippen LogP contribution >= 0.6 is 11.8 Å². The summed E-state index contributed by atoms with van der Waals surface area (Å²) < 4.78 is 0. The van der Waals surface area contributed by atoms with Crippen LogP contribution in [0.3, 0.4) is 0 Å². The highest BCUT2D eigenvalue weighted by molar-refractivity contribution is 8.00. The Morgan fingerprint density at radius 1 is 1.35 bits per heavy atom. The summed E-state index contributed by atoms with van der Waals surface area (Å²) in [4.78, 5) is 0. The molecule has 17 heavy (non-hydrogen) atoms. The molecule has 1 aromatic carbocycles. The van der Waals surface area contributed by atoms with Crippen molar-refractivity contribution in [2.24, 2.45) is 0 Å². The van der Waals surface area contributed by atoms with Gasteiger partial charge < -0.3 is 5.32 Å². The van der Waals surface area contributed by atoms with Gasteiger partial charge in [0.1, 0.15) is 0 Å². The van der Waals surface area contributed by atoms with Crippen molar-refractivity contribution in [1.29, 1.82) is 0 Å². The van der Waals surface area contributed by atoms with Crippen LogP contribution in [0.15, 0.2) is 24.3 Å². The van der Waals surface area contributed by atoms with E-state index >= 15 is 0 Å². The average molecular weight is 249 g/mol. The predicted octanol–water partition coefficient (Wildman–Crippen LogP) is 3.79. The second-order valence-corrected chi connectivity index (χ2v) is 6.44. The van der Waals surface area contributed by atoms with Crippen LogP contribution in [0.4, 0.5) is 0 Å². The lowest BCUT2D eigenvalue weighted by atomic mass is 10.0. The lowest BCUT2D eigenvalue weighted by Crippen LogP contribution is -2.35. The number of hydrogen-bond acceptors (Lipinski definition) is 2. The maximum absolute atomic E-state index is 3.76. The van der Waals surface area contributed by atoms with E-state index in [1.54, 1.807) is 0 Å². The molecule has 3 unspecified atom stereocenters. The van der Waals surface area contributed by atoms with E-state index in [2.05, 4.69) is 62.1 Å². The topological polar surface area (TPSA) is 12.0 Å². The minimum absolute atomic E-state index is 0.465. The first-order valence-electron chi connectivity index (χ1n) is 6.67. The molecule has 0 aliphatic carbocycles. The molecular weight excluding hydrogens is 226 g/mol. The molecule has 1 saturated heterocycles. The van der Waals surface area contributed by atoms with Crippen LogP contribution in [-0.2, 0) is 6.42 Å². The summed E-state index contributed by atoms with van der Waals surface area (Å²) in [5, 5.41) is 4.52. The maximum atomic E-state index is 3.76. The minimum Gasteiger partial charge on any atom is -0.306 e. The Labute approximate surface area is 109 Å². The molecule has 2 rings (SSSR count). The fourth-order valence-corrected chi connectivity index (χ4v) is 3.62. The molecule has 2 heteroatoms. The molecule has 1 aromatic rings. The van der Waals surface area contributed by atoms with Crippen LogP contribution in [0.5, 0.6) is 0 Å². The second kappa shape index (κ2) is 5.92. The number of nitrogens with one attached hydrogen (secondary N) is 1. The summed E-state index contributed by atoms with van der Waals surface area (Å²) in [6.45, 7) is 6.81. The molecule has 1 nitrogen and oxygen atoms in total. The predicted molar refractivity (Wildman–Crippen MR) is 77.7 cm³/mol. The molecule has 1 N–H and O–H groups in total. The van der Waals surface area contributed by atoms with E-state index in [0.717, 1.165) is 11.7 Å². The van der Waals surface area contributed by atoms with E-state index in [-0.39, 0.29) is 0 Å². The zero-order chi connectivity index (χ0) is 12.3. The Bertz CT molecular complexity index is 346. The molecule has 0 bridgehead atoms. The molecule has 0 spiro atoms. The molecule has 1 heterocycles. The van der Waals surface area contributed by atoms with Gasteiger partial charge in [0.05, 0.1) is 0 Å². The van der Waals surface area contributed by atoms with E-state index in [4.69, 9.17) is 0 Å². The lowest BCUT2D eigenvalue weighted by Gasteiger charge is -2.22. The number of hydrogen-bond donors (Lipinski definition) is 1. The molecule has 0 amide bonds. The third-order valence-electron chi connectivity index (χ3n) is 3.73. The van der Waals surface area contributed by atoms with E-state index in [0.29, 0.717) is 12.1 Å². The quantitative estimate of drug-likeness (QED) is 0.871. The summed E-state index contributed by atoms with van der Waals surface area (Å²) in [7, 11) is 0. The van der Waals surface area contributed by atoms with Crippen molar-refractivity contribution in [3.63, 3.8) is 0 Å². The minimum atomic E-state index is 0.465. The smallest absolute Gasteiger partial charge is 0.0294 e. The molecular formula is C15H23NS. The first kappa shape index (κ1) is 13.0. The highest BCUT2D eigenvalue weighted by Gasteiger charge is 2.25. The highest BCUT2D eigenvalue weighted by atomic mass is 32.2. The van der Waals surface area contributed by atoms with E-state index in [1.165, 1.54) is 23.3 Å². The summed E-state index contributed by atoms with van der Waals surface area (Å²) >= 11 is 2.09. The van der Waals surface area contributed by atoms with E-state index in [9.17, 15) is 0 Å². The first-order chi connectivity index (χ1) is 8.20. The standard InChI is InChI=1S/C15H23NS/c1-4-13-5-7-14(8-6-13)11(2)16-15-9-10-17-12(15)3/h5-8,11-12,15-16H,4,9-10H2,1-3H3. The van der Waals surface area contributed by atoms with Gasteiger partial charge in [0.2, 0.25) is 0 Å². The Balaban J connectivity index is 1.96.